The van der Waals surface area contributed by atoms with Crippen LogP contribution in [0.4, 0.5) is 0 Å². The van der Waals surface area contributed by atoms with Crippen LogP contribution in [-0.2, 0) is 43.7 Å². The van der Waals surface area contributed by atoms with E-state index in [2.05, 4.69) is 41.5 Å². The molecule has 16 heteroatoms. The first kappa shape index (κ1) is 37.4. The van der Waals surface area contributed by atoms with Gasteiger partial charge in [0.2, 0.25) is 0 Å². The third-order valence-corrected chi connectivity index (χ3v) is 14.1. The lowest BCUT2D eigenvalue weighted by Crippen LogP contribution is -2.62. The predicted molar refractivity (Wildman–Crippen MR) is 164 cm³/mol. The zero-order chi connectivity index (χ0) is 34.1. The summed E-state index contributed by atoms with van der Waals surface area (Å²) in [6, 6.07) is 0. The molecule has 0 radical (unpaired) electrons. The molecule has 4 saturated carbocycles. The van der Waals surface area contributed by atoms with Gasteiger partial charge in [0, 0.05) is 0 Å². The molecule has 0 bridgehead atoms. The first-order valence-electron chi connectivity index (χ1n) is 15.9. The van der Waals surface area contributed by atoms with Gasteiger partial charge in [-0.05, 0) is 103 Å². The van der Waals surface area contributed by atoms with Crippen LogP contribution in [0.25, 0.3) is 0 Å². The van der Waals surface area contributed by atoms with Crippen LogP contribution in [0.15, 0.2) is 0 Å². The minimum Gasteiger partial charge on any atom is -0.393 e. The number of aliphatic hydroxyl groups excluding tert-OH is 1. The molecule has 4 aliphatic rings. The molecule has 4 N–H and O–H groups in total. The lowest BCUT2D eigenvalue weighted by atomic mass is 9.43. The quantitative estimate of drug-likeness (QED) is 0.231. The summed E-state index contributed by atoms with van der Waals surface area (Å²) in [5.74, 6) is -0.419. The fraction of sp³-hybridized carbons (Fsp3) is 1.00. The molecule has 13 nitrogen and oxygen atoms in total. The zero-order valence-corrected chi connectivity index (χ0v) is 29.6. The minimum absolute atomic E-state index is 0.145. The van der Waals surface area contributed by atoms with E-state index in [4.69, 9.17) is 12.5 Å². The molecule has 45 heavy (non-hydrogen) atoms. The molecule has 264 valence electrons. The lowest BCUT2D eigenvalue weighted by Gasteiger charge is -2.63. The summed E-state index contributed by atoms with van der Waals surface area (Å²) in [5, 5.41) is 11.7. The third-order valence-electron chi connectivity index (χ3n) is 12.6. The normalized spacial score (nSPS) is 42.3. The summed E-state index contributed by atoms with van der Waals surface area (Å²) in [5.41, 5.74) is -1.04. The summed E-state index contributed by atoms with van der Waals surface area (Å²) in [7, 11) is -15.2. The van der Waals surface area contributed by atoms with Crippen molar-refractivity contribution in [2.75, 3.05) is 0 Å². The van der Waals surface area contributed by atoms with Crippen LogP contribution < -0.4 is 0 Å². The first-order valence-corrected chi connectivity index (χ1v) is 20.0. The van der Waals surface area contributed by atoms with Gasteiger partial charge in [-0.15, -0.1) is 0 Å². The van der Waals surface area contributed by atoms with Crippen molar-refractivity contribution in [2.24, 2.45) is 57.7 Å². The number of rotatable bonds is 10. The molecule has 4 aliphatic carbocycles. The molecule has 0 aliphatic heterocycles. The van der Waals surface area contributed by atoms with Gasteiger partial charge in [0.1, 0.15) is 12.2 Å². The lowest BCUT2D eigenvalue weighted by molar-refractivity contribution is -0.191. The average molecular weight is 705 g/mol. The largest absolute Gasteiger partial charge is 0.397 e. The maximum absolute atomic E-state index is 12.1. The Balaban J connectivity index is 1.70. The summed E-state index contributed by atoms with van der Waals surface area (Å²) < 4.78 is 115. The fourth-order valence-electron chi connectivity index (χ4n) is 10.2. The van der Waals surface area contributed by atoms with Crippen LogP contribution in [0.3, 0.4) is 0 Å². The topological polar surface area (TPSA) is 211 Å². The second-order valence-corrected chi connectivity index (χ2v) is 19.2. The van der Waals surface area contributed by atoms with Gasteiger partial charge in [-0.2, -0.15) is 25.3 Å². The van der Waals surface area contributed by atoms with Crippen molar-refractivity contribution in [1.29, 1.82) is 0 Å². The maximum atomic E-state index is 12.1. The Morgan fingerprint density at radius 2 is 1.29 bits per heavy atom. The van der Waals surface area contributed by atoms with E-state index in [1.165, 1.54) is 0 Å². The number of fused-ring (bicyclic) bond motifs is 5. The van der Waals surface area contributed by atoms with Crippen LogP contribution in [0.2, 0.25) is 0 Å². The van der Waals surface area contributed by atoms with Crippen LogP contribution >= 0.6 is 0 Å². The summed E-state index contributed by atoms with van der Waals surface area (Å²) in [6.07, 6.45) is -1.24. The molecule has 13 atom stereocenters. The molecule has 0 heterocycles. The van der Waals surface area contributed by atoms with E-state index < -0.39 is 66.9 Å². The highest BCUT2D eigenvalue weighted by molar-refractivity contribution is 7.81. The van der Waals surface area contributed by atoms with Gasteiger partial charge in [-0.1, -0.05) is 54.9 Å². The molecule has 0 saturated heterocycles. The van der Waals surface area contributed by atoms with E-state index >= 15 is 0 Å². The average Bonchev–Trinajstić information content (AvgIpc) is 3.10. The highest BCUT2D eigenvalue weighted by atomic mass is 32.3. The van der Waals surface area contributed by atoms with E-state index in [0.29, 0.717) is 24.7 Å². The Morgan fingerprint density at radius 1 is 0.756 bits per heavy atom. The fourth-order valence-corrected chi connectivity index (χ4v) is 11.7. The van der Waals surface area contributed by atoms with E-state index in [-0.39, 0.29) is 53.8 Å². The predicted octanol–water partition coefficient (Wildman–Crippen LogP) is 4.50. The number of hydrogen-bond acceptors (Lipinski definition) is 10. The van der Waals surface area contributed by atoms with Crippen molar-refractivity contribution in [1.82, 2.24) is 0 Å². The van der Waals surface area contributed by atoms with Crippen molar-refractivity contribution in [2.45, 2.75) is 124 Å². The van der Waals surface area contributed by atoms with Crippen LogP contribution in [-0.4, -0.2) is 68.4 Å². The molecular formula is C29H52O13S3. The Morgan fingerprint density at radius 3 is 1.82 bits per heavy atom. The highest BCUT2D eigenvalue weighted by Gasteiger charge is 2.66. The molecule has 4 unspecified atom stereocenters. The summed E-state index contributed by atoms with van der Waals surface area (Å²) in [6.45, 7) is 15.2. The van der Waals surface area contributed by atoms with Gasteiger partial charge in [0.15, 0.2) is 0 Å². The van der Waals surface area contributed by atoms with Crippen molar-refractivity contribution in [3.8, 4) is 0 Å². The molecule has 0 spiro atoms. The van der Waals surface area contributed by atoms with Crippen LogP contribution in [0.1, 0.15) is 99.8 Å². The third kappa shape index (κ3) is 8.07. The second kappa shape index (κ2) is 12.5. The summed E-state index contributed by atoms with van der Waals surface area (Å²) in [4.78, 5) is 0. The Bertz CT molecular complexity index is 1410. The zero-order valence-electron chi connectivity index (χ0n) is 27.2. The standard InChI is InChI=1S/C29H52O13S3/c1-16(8-9-17(2)27(3,4)5)20-13-22(30)26-18-12-23(40-43(31,32)33)21-14-24(41-44(34,35)36)25(42-45(37,38)39)15-29(21,7)19(18)10-11-28(20,26)6/h16-26,30H,8-15H2,1-7H3,(H,31,32,33)(H,34,35,36)(H,37,38,39)/t16-,17?,18?,19?,20-,21-,22+,23+,24+,25+,26?,28-,29-/m1/s1. The van der Waals surface area contributed by atoms with E-state index in [1.807, 2.05) is 6.92 Å². The van der Waals surface area contributed by atoms with E-state index in [9.17, 15) is 44.0 Å². The van der Waals surface area contributed by atoms with Gasteiger partial charge in [-0.25, -0.2) is 12.5 Å². The Labute approximate surface area is 269 Å². The molecule has 4 fully saturated rings. The number of hydrogen-bond donors (Lipinski definition) is 4. The second-order valence-electron chi connectivity index (χ2n) is 16.0. The van der Waals surface area contributed by atoms with E-state index in [0.717, 1.165) is 19.3 Å². The minimum atomic E-state index is -5.10. The molecule has 0 amide bonds. The molecule has 0 aromatic heterocycles. The Hall–Kier alpha value is -0.430. The summed E-state index contributed by atoms with van der Waals surface area (Å²) >= 11 is 0. The Kier molecular flexibility index (Phi) is 10.4. The maximum Gasteiger partial charge on any atom is 0.397 e. The number of aliphatic hydroxyl groups is 1. The highest BCUT2D eigenvalue weighted by Crippen LogP contribution is 2.69. The smallest absolute Gasteiger partial charge is 0.393 e. The van der Waals surface area contributed by atoms with Gasteiger partial charge >= 0.3 is 31.2 Å². The monoisotopic (exact) mass is 704 g/mol. The van der Waals surface area contributed by atoms with E-state index in [1.54, 1.807) is 0 Å². The molecule has 4 rings (SSSR count). The molecular weight excluding hydrogens is 653 g/mol. The van der Waals surface area contributed by atoms with Gasteiger partial charge in [0.05, 0.1) is 12.2 Å². The van der Waals surface area contributed by atoms with Gasteiger partial charge in [0.25, 0.3) is 0 Å². The molecule has 0 aromatic rings. The van der Waals surface area contributed by atoms with Crippen molar-refractivity contribution < 1.29 is 56.6 Å². The SMILES string of the molecule is CC(CC[C@@H](C)[C@H]1C[C@H](O)C2C3C[C@H](OS(=O)(=O)O)[C@H]4C[C@H](OS(=O)(=O)O)[C@@H](OS(=O)(=O)O)C[C@]4(C)C3CC[C@@]21C)C(C)(C)C. The van der Waals surface area contributed by atoms with Gasteiger partial charge < -0.3 is 5.11 Å². The van der Waals surface area contributed by atoms with Crippen molar-refractivity contribution >= 4 is 31.2 Å². The van der Waals surface area contributed by atoms with Crippen LogP contribution in [0, 0.1) is 57.7 Å². The first-order chi connectivity index (χ1) is 20.3. The molecule has 0 aromatic carbocycles. The van der Waals surface area contributed by atoms with Crippen molar-refractivity contribution in [3.05, 3.63) is 0 Å². The van der Waals surface area contributed by atoms with Gasteiger partial charge in [-0.3, -0.25) is 13.7 Å². The van der Waals surface area contributed by atoms with Crippen LogP contribution in [0.5, 0.6) is 0 Å². The van der Waals surface area contributed by atoms with Crippen molar-refractivity contribution in [3.63, 3.8) is 0 Å².